The Morgan fingerprint density at radius 3 is 2.92 bits per heavy atom. The number of carbonyl (C=O) groups excluding carboxylic acids is 1. The highest BCUT2D eigenvalue weighted by molar-refractivity contribution is 7.16. The van der Waals surface area contributed by atoms with E-state index in [2.05, 4.69) is 31.8 Å². The molecule has 8 nitrogen and oxygen atoms in total. The van der Waals surface area contributed by atoms with E-state index in [4.69, 9.17) is 0 Å². The summed E-state index contributed by atoms with van der Waals surface area (Å²) in [6.07, 6.45) is 3.10. The van der Waals surface area contributed by atoms with Crippen LogP contribution in [0.5, 0.6) is 0 Å². The maximum atomic E-state index is 12.6. The number of nitrogens with zero attached hydrogens (tertiary/aromatic N) is 5. The summed E-state index contributed by atoms with van der Waals surface area (Å²) in [4.78, 5) is 21.0. The molecule has 3 rings (SSSR count). The highest BCUT2D eigenvalue weighted by atomic mass is 32.1. The fourth-order valence-electron chi connectivity index (χ4n) is 2.25. The average molecular weight is 353 g/mol. The summed E-state index contributed by atoms with van der Waals surface area (Å²) >= 11 is 1.34. The zero-order valence-electron chi connectivity index (χ0n) is 13.9. The van der Waals surface area contributed by atoms with Crippen LogP contribution in [0, 0.1) is 25.2 Å². The van der Waals surface area contributed by atoms with Crippen molar-refractivity contribution in [3.8, 4) is 6.07 Å². The number of nitriles is 1. The Morgan fingerprint density at radius 2 is 2.20 bits per heavy atom. The van der Waals surface area contributed by atoms with Gasteiger partial charge in [0.15, 0.2) is 5.69 Å². The summed E-state index contributed by atoms with van der Waals surface area (Å²) in [6.45, 7) is 3.67. The molecule has 0 atom stereocenters. The van der Waals surface area contributed by atoms with Crippen LogP contribution in [-0.2, 0) is 7.05 Å². The van der Waals surface area contributed by atoms with E-state index < -0.39 is 0 Å². The van der Waals surface area contributed by atoms with Crippen molar-refractivity contribution < 1.29 is 4.79 Å². The lowest BCUT2D eigenvalue weighted by Gasteiger charge is -2.08. The minimum Gasteiger partial charge on any atom is -0.329 e. The molecule has 25 heavy (non-hydrogen) atoms. The normalized spacial score (nSPS) is 10.3. The minimum absolute atomic E-state index is 0.266. The predicted molar refractivity (Wildman–Crippen MR) is 95.0 cm³/mol. The molecule has 0 aliphatic carbocycles. The van der Waals surface area contributed by atoms with Gasteiger partial charge < -0.3 is 10.6 Å². The molecular weight excluding hydrogens is 338 g/mol. The van der Waals surface area contributed by atoms with Crippen molar-refractivity contribution in [3.05, 3.63) is 46.5 Å². The van der Waals surface area contributed by atoms with Crippen molar-refractivity contribution in [2.75, 3.05) is 10.6 Å². The monoisotopic (exact) mass is 353 g/mol. The number of thiazole rings is 1. The van der Waals surface area contributed by atoms with E-state index in [1.165, 1.54) is 17.5 Å². The number of anilines is 3. The second-order valence-electron chi connectivity index (χ2n) is 5.32. The molecule has 3 heterocycles. The standard InChI is InChI=1S/C16H15N7OS/c1-9-6-12(4-5-18-9)21-15(24)13-16(25-10(2)20-13)22-14-11(7-17)8-19-23(14)3/h4-6,8,22H,1-3H3,(H,18,21,24). The number of hydrogen-bond acceptors (Lipinski definition) is 7. The van der Waals surface area contributed by atoms with Gasteiger partial charge in [-0.3, -0.25) is 14.5 Å². The van der Waals surface area contributed by atoms with Gasteiger partial charge in [-0.1, -0.05) is 0 Å². The van der Waals surface area contributed by atoms with E-state index in [-0.39, 0.29) is 11.6 Å². The van der Waals surface area contributed by atoms with Gasteiger partial charge in [0.05, 0.1) is 11.2 Å². The largest absolute Gasteiger partial charge is 0.329 e. The second-order valence-corrected chi connectivity index (χ2v) is 6.52. The third kappa shape index (κ3) is 3.49. The third-order valence-corrected chi connectivity index (χ3v) is 4.28. The van der Waals surface area contributed by atoms with Crippen LogP contribution in [0.15, 0.2) is 24.5 Å². The number of nitrogens with one attached hydrogen (secondary N) is 2. The molecule has 3 aromatic heterocycles. The average Bonchev–Trinajstić information content (AvgIpc) is 3.11. The third-order valence-electron chi connectivity index (χ3n) is 3.39. The quantitative estimate of drug-likeness (QED) is 0.746. The molecule has 0 aromatic carbocycles. The Balaban J connectivity index is 1.89. The maximum Gasteiger partial charge on any atom is 0.277 e. The highest BCUT2D eigenvalue weighted by Gasteiger charge is 2.20. The van der Waals surface area contributed by atoms with E-state index in [0.717, 1.165) is 10.7 Å². The number of aromatic nitrogens is 4. The van der Waals surface area contributed by atoms with Crippen LogP contribution in [0.25, 0.3) is 0 Å². The molecule has 3 aromatic rings. The molecule has 0 fully saturated rings. The van der Waals surface area contributed by atoms with Crippen molar-refractivity contribution in [1.82, 2.24) is 19.7 Å². The molecule has 0 bridgehead atoms. The van der Waals surface area contributed by atoms with Crippen LogP contribution in [-0.4, -0.2) is 25.7 Å². The molecule has 0 radical (unpaired) electrons. The molecule has 126 valence electrons. The number of pyridine rings is 1. The molecule has 0 aliphatic heterocycles. The number of aryl methyl sites for hydroxylation is 3. The molecule has 0 saturated carbocycles. The van der Waals surface area contributed by atoms with Crippen molar-refractivity contribution in [1.29, 1.82) is 5.26 Å². The molecule has 0 aliphatic rings. The smallest absolute Gasteiger partial charge is 0.277 e. The lowest BCUT2D eigenvalue weighted by Crippen LogP contribution is -2.14. The first-order valence-electron chi connectivity index (χ1n) is 7.38. The maximum absolute atomic E-state index is 12.6. The predicted octanol–water partition coefficient (Wildman–Crippen LogP) is 2.76. The van der Waals surface area contributed by atoms with Crippen molar-refractivity contribution >= 4 is 33.8 Å². The van der Waals surface area contributed by atoms with Crippen molar-refractivity contribution in [2.45, 2.75) is 13.8 Å². The van der Waals surface area contributed by atoms with Crippen LogP contribution in [0.3, 0.4) is 0 Å². The van der Waals surface area contributed by atoms with Gasteiger partial charge in [0, 0.05) is 24.6 Å². The van der Waals surface area contributed by atoms with Crippen LogP contribution in [0.2, 0.25) is 0 Å². The van der Waals surface area contributed by atoms with Crippen LogP contribution >= 0.6 is 11.3 Å². The molecule has 0 spiro atoms. The van der Waals surface area contributed by atoms with Crippen molar-refractivity contribution in [3.63, 3.8) is 0 Å². The van der Waals surface area contributed by atoms with E-state index >= 15 is 0 Å². The first-order chi connectivity index (χ1) is 12.0. The van der Waals surface area contributed by atoms with E-state index in [1.54, 1.807) is 30.1 Å². The van der Waals surface area contributed by atoms with Gasteiger partial charge >= 0.3 is 0 Å². The number of carbonyl (C=O) groups is 1. The molecule has 0 saturated heterocycles. The minimum atomic E-state index is -0.335. The summed E-state index contributed by atoms with van der Waals surface area (Å²) in [6, 6.07) is 5.56. The summed E-state index contributed by atoms with van der Waals surface area (Å²) in [7, 11) is 1.72. The Morgan fingerprint density at radius 1 is 1.40 bits per heavy atom. The van der Waals surface area contributed by atoms with Gasteiger partial charge in [0.2, 0.25) is 0 Å². The first-order valence-corrected chi connectivity index (χ1v) is 8.20. The summed E-state index contributed by atoms with van der Waals surface area (Å²) in [5.41, 5.74) is 2.11. The van der Waals surface area contributed by atoms with Gasteiger partial charge in [-0.2, -0.15) is 10.4 Å². The van der Waals surface area contributed by atoms with E-state index in [1.807, 2.05) is 13.8 Å². The number of amides is 1. The zero-order valence-corrected chi connectivity index (χ0v) is 14.7. The molecule has 1 amide bonds. The van der Waals surface area contributed by atoms with Gasteiger partial charge in [-0.05, 0) is 26.0 Å². The summed E-state index contributed by atoms with van der Waals surface area (Å²) < 4.78 is 1.54. The molecule has 2 N–H and O–H groups in total. The topological polar surface area (TPSA) is 109 Å². The lowest BCUT2D eigenvalue weighted by atomic mass is 10.3. The van der Waals surface area contributed by atoms with Crippen LogP contribution in [0.1, 0.15) is 26.8 Å². The van der Waals surface area contributed by atoms with Crippen LogP contribution in [0.4, 0.5) is 16.5 Å². The Kier molecular flexibility index (Phi) is 4.45. The Hall–Kier alpha value is -3.25. The Labute approximate surface area is 148 Å². The second kappa shape index (κ2) is 6.70. The summed E-state index contributed by atoms with van der Waals surface area (Å²) in [5.74, 6) is 0.179. The van der Waals surface area contributed by atoms with Gasteiger partial charge in [0.25, 0.3) is 5.91 Å². The fourth-order valence-corrected chi connectivity index (χ4v) is 3.07. The first kappa shape index (κ1) is 16.6. The zero-order chi connectivity index (χ0) is 18.0. The van der Waals surface area contributed by atoms with Gasteiger partial charge in [-0.25, -0.2) is 4.98 Å². The SMILES string of the molecule is Cc1cc(NC(=O)c2nc(C)sc2Nc2c(C#N)cnn2C)ccn1. The van der Waals surface area contributed by atoms with Gasteiger partial charge in [-0.15, -0.1) is 11.3 Å². The van der Waals surface area contributed by atoms with E-state index in [0.29, 0.717) is 22.1 Å². The Bertz CT molecular complexity index is 983. The highest BCUT2D eigenvalue weighted by Crippen LogP contribution is 2.29. The summed E-state index contributed by atoms with van der Waals surface area (Å²) in [5, 5.41) is 20.4. The van der Waals surface area contributed by atoms with Crippen molar-refractivity contribution in [2.24, 2.45) is 7.05 Å². The molecule has 0 unspecified atom stereocenters. The molecule has 9 heteroatoms. The molecular formula is C16H15N7OS. The van der Waals surface area contributed by atoms with Gasteiger partial charge in [0.1, 0.15) is 22.5 Å². The van der Waals surface area contributed by atoms with E-state index in [9.17, 15) is 10.1 Å². The van der Waals surface area contributed by atoms with Crippen LogP contribution < -0.4 is 10.6 Å². The fraction of sp³-hybridized carbons (Fsp3) is 0.188. The lowest BCUT2D eigenvalue weighted by molar-refractivity contribution is 0.102. The number of rotatable bonds is 4. The number of hydrogen-bond donors (Lipinski definition) is 2.